The largest absolute Gasteiger partial charge is 0.335 e. The van der Waals surface area contributed by atoms with Crippen molar-refractivity contribution in [1.82, 2.24) is 4.90 Å². The Morgan fingerprint density at radius 3 is 2.52 bits per heavy atom. The van der Waals surface area contributed by atoms with Gasteiger partial charge in [-0.2, -0.15) is 0 Å². The van der Waals surface area contributed by atoms with E-state index >= 15 is 0 Å². The molecule has 1 heterocycles. The summed E-state index contributed by atoms with van der Waals surface area (Å²) >= 11 is 0. The first-order valence-corrected chi connectivity index (χ1v) is 10.6. The molecule has 1 unspecified atom stereocenters. The van der Waals surface area contributed by atoms with Gasteiger partial charge < -0.3 is 4.90 Å². The van der Waals surface area contributed by atoms with Crippen LogP contribution in [-0.2, 0) is 22.0 Å². The number of hydrogen-bond donors (Lipinski definition) is 0. The Balaban J connectivity index is 1.76. The van der Waals surface area contributed by atoms with E-state index in [1.54, 1.807) is 24.3 Å². The number of carbonyl (C=O) groups excluding carboxylic acids is 1. The van der Waals surface area contributed by atoms with E-state index in [1.807, 2.05) is 23.1 Å². The molecule has 1 atom stereocenters. The van der Waals surface area contributed by atoms with Crippen molar-refractivity contribution in [3.8, 4) is 0 Å². The van der Waals surface area contributed by atoms with Gasteiger partial charge in [-0.1, -0.05) is 42.5 Å². The lowest BCUT2D eigenvalue weighted by Crippen LogP contribution is -2.36. The minimum Gasteiger partial charge on any atom is -0.335 e. The van der Waals surface area contributed by atoms with Crippen LogP contribution in [0.2, 0.25) is 0 Å². The molecule has 0 aliphatic carbocycles. The molecule has 4 nitrogen and oxygen atoms in total. The fraction of sp³-hybridized carbons (Fsp3) is 0.350. The highest BCUT2D eigenvalue weighted by Gasteiger charge is 2.29. The van der Waals surface area contributed by atoms with E-state index in [0.29, 0.717) is 11.1 Å². The number of nitrogens with zero attached hydrogens (tertiary/aromatic N) is 1. The summed E-state index contributed by atoms with van der Waals surface area (Å²) in [5.41, 5.74) is 2.46. The van der Waals surface area contributed by atoms with Gasteiger partial charge in [-0.3, -0.25) is 4.79 Å². The zero-order valence-electron chi connectivity index (χ0n) is 14.4. The number of amides is 1. The molecule has 3 rings (SSSR count). The molecule has 1 saturated heterocycles. The second kappa shape index (κ2) is 7.40. The van der Waals surface area contributed by atoms with Crippen molar-refractivity contribution >= 4 is 15.7 Å². The van der Waals surface area contributed by atoms with Crippen molar-refractivity contribution in [2.45, 2.75) is 31.1 Å². The van der Waals surface area contributed by atoms with E-state index in [2.05, 4.69) is 12.1 Å². The van der Waals surface area contributed by atoms with Crippen molar-refractivity contribution in [2.24, 2.45) is 0 Å². The maximum absolute atomic E-state index is 12.9. The number of benzene rings is 2. The third-order valence-corrected chi connectivity index (χ3v) is 5.41. The van der Waals surface area contributed by atoms with Gasteiger partial charge in [0, 0.05) is 24.4 Å². The Bertz CT molecular complexity index is 846. The van der Waals surface area contributed by atoms with Crippen LogP contribution in [0.5, 0.6) is 0 Å². The van der Waals surface area contributed by atoms with Gasteiger partial charge in [-0.25, -0.2) is 8.42 Å². The lowest BCUT2D eigenvalue weighted by molar-refractivity contribution is 0.0736. The molecular weight excluding hydrogens is 334 g/mol. The second-order valence-electron chi connectivity index (χ2n) is 6.75. The normalized spacial score (nSPS) is 17.6. The van der Waals surface area contributed by atoms with Crippen LogP contribution >= 0.6 is 0 Å². The smallest absolute Gasteiger partial charge is 0.254 e. The average molecular weight is 357 g/mol. The van der Waals surface area contributed by atoms with E-state index < -0.39 is 9.84 Å². The third kappa shape index (κ3) is 4.69. The Kier molecular flexibility index (Phi) is 5.23. The molecule has 5 heteroatoms. The molecule has 2 aromatic rings. The number of rotatable bonds is 5. The van der Waals surface area contributed by atoms with Gasteiger partial charge in [0.25, 0.3) is 5.91 Å². The molecule has 1 fully saturated rings. The highest BCUT2D eigenvalue weighted by atomic mass is 32.2. The highest BCUT2D eigenvalue weighted by molar-refractivity contribution is 7.89. The van der Waals surface area contributed by atoms with Crippen LogP contribution in [0, 0.1) is 0 Å². The molecule has 132 valence electrons. The van der Waals surface area contributed by atoms with Crippen LogP contribution in [0.15, 0.2) is 54.6 Å². The van der Waals surface area contributed by atoms with Gasteiger partial charge in [-0.15, -0.1) is 0 Å². The van der Waals surface area contributed by atoms with Crippen molar-refractivity contribution in [3.63, 3.8) is 0 Å². The number of sulfone groups is 1. The van der Waals surface area contributed by atoms with Crippen LogP contribution in [-0.4, -0.2) is 38.1 Å². The summed E-state index contributed by atoms with van der Waals surface area (Å²) in [6, 6.07) is 17.4. The standard InChI is InChI=1S/C20H23NO3S/c1-25(23,24)15-17-9-5-10-18(13-17)20(22)21-12-6-11-19(21)14-16-7-3-2-4-8-16/h2-5,7-10,13,19H,6,11-12,14-15H2,1H3. The summed E-state index contributed by atoms with van der Waals surface area (Å²) in [5, 5.41) is 0. The molecule has 0 bridgehead atoms. The van der Waals surface area contributed by atoms with E-state index in [1.165, 1.54) is 11.8 Å². The first-order chi connectivity index (χ1) is 11.9. The lowest BCUT2D eigenvalue weighted by atomic mass is 10.0. The maximum Gasteiger partial charge on any atom is 0.254 e. The molecule has 0 aromatic heterocycles. The predicted octanol–water partition coefficient (Wildman–Crippen LogP) is 3.08. The summed E-state index contributed by atoms with van der Waals surface area (Å²) in [6.45, 7) is 0.757. The highest BCUT2D eigenvalue weighted by Crippen LogP contribution is 2.24. The average Bonchev–Trinajstić information content (AvgIpc) is 3.02. The quantitative estimate of drug-likeness (QED) is 0.826. The molecular formula is C20H23NO3S. The molecule has 1 aliphatic rings. The monoisotopic (exact) mass is 357 g/mol. The summed E-state index contributed by atoms with van der Waals surface area (Å²) in [6.07, 6.45) is 4.07. The molecule has 1 aliphatic heterocycles. The Labute approximate surface area is 149 Å². The molecule has 2 aromatic carbocycles. The van der Waals surface area contributed by atoms with Gasteiger partial charge in [0.1, 0.15) is 0 Å². The van der Waals surface area contributed by atoms with Crippen molar-refractivity contribution in [3.05, 3.63) is 71.3 Å². The Hall–Kier alpha value is -2.14. The van der Waals surface area contributed by atoms with E-state index in [4.69, 9.17) is 0 Å². The molecule has 0 radical (unpaired) electrons. The maximum atomic E-state index is 12.9. The van der Waals surface area contributed by atoms with E-state index in [9.17, 15) is 13.2 Å². The van der Waals surface area contributed by atoms with Crippen LogP contribution in [0.4, 0.5) is 0 Å². The lowest BCUT2D eigenvalue weighted by Gasteiger charge is -2.25. The Morgan fingerprint density at radius 2 is 1.80 bits per heavy atom. The number of hydrogen-bond acceptors (Lipinski definition) is 3. The van der Waals surface area contributed by atoms with Gasteiger partial charge in [0.2, 0.25) is 0 Å². The van der Waals surface area contributed by atoms with Gasteiger partial charge in [-0.05, 0) is 42.5 Å². The first kappa shape index (κ1) is 17.7. The predicted molar refractivity (Wildman–Crippen MR) is 99.2 cm³/mol. The van der Waals surface area contributed by atoms with E-state index in [-0.39, 0.29) is 17.7 Å². The van der Waals surface area contributed by atoms with Crippen LogP contribution < -0.4 is 0 Å². The molecule has 0 N–H and O–H groups in total. The minimum absolute atomic E-state index is 0.00576. The molecule has 1 amide bonds. The van der Waals surface area contributed by atoms with Gasteiger partial charge in [0.15, 0.2) is 9.84 Å². The molecule has 0 spiro atoms. The van der Waals surface area contributed by atoms with Gasteiger partial charge >= 0.3 is 0 Å². The minimum atomic E-state index is -3.12. The molecule has 25 heavy (non-hydrogen) atoms. The third-order valence-electron chi connectivity index (χ3n) is 4.55. The van der Waals surface area contributed by atoms with Crippen molar-refractivity contribution < 1.29 is 13.2 Å². The van der Waals surface area contributed by atoms with Crippen LogP contribution in [0.3, 0.4) is 0 Å². The number of likely N-dealkylation sites (tertiary alicyclic amines) is 1. The van der Waals surface area contributed by atoms with Crippen molar-refractivity contribution in [1.29, 1.82) is 0 Å². The Morgan fingerprint density at radius 1 is 1.08 bits per heavy atom. The zero-order valence-corrected chi connectivity index (χ0v) is 15.2. The second-order valence-corrected chi connectivity index (χ2v) is 8.89. The van der Waals surface area contributed by atoms with Crippen LogP contribution in [0.25, 0.3) is 0 Å². The van der Waals surface area contributed by atoms with Crippen LogP contribution in [0.1, 0.15) is 34.3 Å². The molecule has 0 saturated carbocycles. The summed E-state index contributed by atoms with van der Waals surface area (Å²) in [7, 11) is -3.12. The summed E-state index contributed by atoms with van der Waals surface area (Å²) < 4.78 is 23.0. The number of carbonyl (C=O) groups is 1. The first-order valence-electron chi connectivity index (χ1n) is 8.54. The van der Waals surface area contributed by atoms with Gasteiger partial charge in [0.05, 0.1) is 5.75 Å². The topological polar surface area (TPSA) is 54.5 Å². The van der Waals surface area contributed by atoms with E-state index in [0.717, 1.165) is 25.8 Å². The zero-order chi connectivity index (χ0) is 17.9. The fourth-order valence-electron chi connectivity index (χ4n) is 3.46. The fourth-order valence-corrected chi connectivity index (χ4v) is 4.25. The summed E-state index contributed by atoms with van der Waals surface area (Å²) in [5.74, 6) is -0.0459. The van der Waals surface area contributed by atoms with Crippen molar-refractivity contribution in [2.75, 3.05) is 12.8 Å². The SMILES string of the molecule is CS(=O)(=O)Cc1cccc(C(=O)N2CCCC2Cc2ccccc2)c1. The summed E-state index contributed by atoms with van der Waals surface area (Å²) in [4.78, 5) is 14.9.